The highest BCUT2D eigenvalue weighted by molar-refractivity contribution is 6.33. The molecule has 0 spiro atoms. The van der Waals surface area contributed by atoms with Gasteiger partial charge in [-0.15, -0.1) is 5.10 Å². The van der Waals surface area contributed by atoms with E-state index in [1.54, 1.807) is 38.5 Å². The van der Waals surface area contributed by atoms with Gasteiger partial charge in [-0.25, -0.2) is 4.98 Å². The zero-order chi connectivity index (χ0) is 22.0. The van der Waals surface area contributed by atoms with Crippen LogP contribution in [0.5, 0.6) is 0 Å². The number of halogens is 1. The lowest BCUT2D eigenvalue weighted by atomic mass is 10.1. The van der Waals surface area contributed by atoms with E-state index < -0.39 is 0 Å². The van der Waals surface area contributed by atoms with Crippen LogP contribution in [0.1, 0.15) is 16.1 Å². The molecule has 31 heavy (non-hydrogen) atoms. The number of carbonyl (C=O) groups excluding carboxylic acids is 1. The number of aromatic nitrogens is 4. The van der Waals surface area contributed by atoms with Gasteiger partial charge >= 0.3 is 6.01 Å². The van der Waals surface area contributed by atoms with Crippen molar-refractivity contribution in [3.05, 3.63) is 71.0 Å². The van der Waals surface area contributed by atoms with Gasteiger partial charge in [-0.1, -0.05) is 41.0 Å². The Balaban J connectivity index is 1.61. The number of aryl methyl sites for hydroxylation is 1. The first kappa shape index (κ1) is 20.5. The Kier molecular flexibility index (Phi) is 5.64. The van der Waals surface area contributed by atoms with Crippen LogP contribution in [-0.4, -0.2) is 45.1 Å². The number of hydrogen-bond donors (Lipinski definition) is 1. The van der Waals surface area contributed by atoms with E-state index in [9.17, 15) is 4.79 Å². The zero-order valence-electron chi connectivity index (χ0n) is 17.1. The van der Waals surface area contributed by atoms with Crippen LogP contribution in [0.15, 0.2) is 59.1 Å². The van der Waals surface area contributed by atoms with Crippen LogP contribution in [0, 0.1) is 6.92 Å². The number of rotatable bonds is 5. The molecule has 4 aromatic rings. The van der Waals surface area contributed by atoms with Crippen molar-refractivity contribution in [2.75, 3.05) is 19.4 Å². The van der Waals surface area contributed by atoms with Gasteiger partial charge < -0.3 is 14.6 Å². The lowest BCUT2D eigenvalue weighted by Gasteiger charge is -2.10. The number of hydrogen-bond acceptors (Lipinski definition) is 7. The first-order chi connectivity index (χ1) is 14.9. The minimum Gasteiger partial charge on any atom is -0.401 e. The van der Waals surface area contributed by atoms with Crippen LogP contribution in [0.2, 0.25) is 5.02 Å². The third-order valence-corrected chi connectivity index (χ3v) is 4.86. The zero-order valence-corrected chi connectivity index (χ0v) is 17.9. The molecule has 1 N–H and O–H groups in total. The average Bonchev–Trinajstić information content (AvgIpc) is 3.23. The van der Waals surface area contributed by atoms with Crippen molar-refractivity contribution in [1.82, 2.24) is 25.1 Å². The van der Waals surface area contributed by atoms with Gasteiger partial charge in [0.2, 0.25) is 0 Å². The Morgan fingerprint density at radius 1 is 1.06 bits per heavy atom. The first-order valence-electron chi connectivity index (χ1n) is 9.43. The second-order valence-corrected chi connectivity index (χ2v) is 7.39. The normalized spacial score (nSPS) is 10.7. The molecule has 2 heterocycles. The van der Waals surface area contributed by atoms with Crippen LogP contribution < -0.4 is 5.32 Å². The SMILES string of the molecule is Cc1ncc(-c2ccc(C(=O)N(C)C)cc2)nc1-c1nnc(Nc2ccccc2Cl)o1. The molecule has 0 unspecified atom stereocenters. The predicted molar refractivity (Wildman–Crippen MR) is 118 cm³/mol. The molecule has 9 heteroatoms. The molecule has 156 valence electrons. The van der Waals surface area contributed by atoms with Crippen LogP contribution in [0.4, 0.5) is 11.7 Å². The smallest absolute Gasteiger partial charge is 0.320 e. The number of anilines is 2. The summed E-state index contributed by atoms with van der Waals surface area (Å²) in [6.07, 6.45) is 1.67. The molecule has 1 amide bonds. The topological polar surface area (TPSA) is 97.0 Å². The minimum absolute atomic E-state index is 0.0633. The fraction of sp³-hybridized carbons (Fsp3) is 0.136. The van der Waals surface area contributed by atoms with Crippen LogP contribution >= 0.6 is 11.6 Å². The molecule has 0 aliphatic carbocycles. The van der Waals surface area contributed by atoms with Crippen molar-refractivity contribution in [3.8, 4) is 22.8 Å². The highest BCUT2D eigenvalue weighted by Gasteiger charge is 2.16. The van der Waals surface area contributed by atoms with Crippen LogP contribution in [0.3, 0.4) is 0 Å². The molecule has 2 aromatic carbocycles. The van der Waals surface area contributed by atoms with Gasteiger partial charge in [0.1, 0.15) is 5.69 Å². The van der Waals surface area contributed by atoms with Crippen molar-refractivity contribution in [1.29, 1.82) is 0 Å². The number of benzene rings is 2. The lowest BCUT2D eigenvalue weighted by molar-refractivity contribution is 0.0827. The summed E-state index contributed by atoms with van der Waals surface area (Å²) in [5.41, 5.74) is 3.83. The van der Waals surface area contributed by atoms with Gasteiger partial charge in [0.05, 0.1) is 28.3 Å². The van der Waals surface area contributed by atoms with E-state index in [4.69, 9.17) is 16.0 Å². The van der Waals surface area contributed by atoms with Crippen molar-refractivity contribution in [2.24, 2.45) is 0 Å². The van der Waals surface area contributed by atoms with Crippen LogP contribution in [-0.2, 0) is 0 Å². The average molecular weight is 435 g/mol. The van der Waals surface area contributed by atoms with Crippen molar-refractivity contribution in [3.63, 3.8) is 0 Å². The molecule has 8 nitrogen and oxygen atoms in total. The second-order valence-electron chi connectivity index (χ2n) is 6.98. The van der Waals surface area contributed by atoms with Crippen molar-refractivity contribution >= 4 is 29.2 Å². The fourth-order valence-electron chi connectivity index (χ4n) is 2.88. The summed E-state index contributed by atoms with van der Waals surface area (Å²) in [5, 5.41) is 11.6. The van der Waals surface area contributed by atoms with E-state index in [2.05, 4.69) is 25.5 Å². The number of nitrogens with one attached hydrogen (secondary N) is 1. The molecule has 0 radical (unpaired) electrons. The Morgan fingerprint density at radius 3 is 2.52 bits per heavy atom. The summed E-state index contributed by atoms with van der Waals surface area (Å²) >= 11 is 6.16. The van der Waals surface area contributed by atoms with E-state index in [1.807, 2.05) is 37.3 Å². The van der Waals surface area contributed by atoms with E-state index >= 15 is 0 Å². The Hall–Kier alpha value is -3.78. The Labute approximate surface area is 183 Å². The monoisotopic (exact) mass is 434 g/mol. The lowest BCUT2D eigenvalue weighted by Crippen LogP contribution is -2.21. The molecule has 0 saturated carbocycles. The van der Waals surface area contributed by atoms with Gasteiger partial charge in [-0.05, 0) is 31.2 Å². The summed E-state index contributed by atoms with van der Waals surface area (Å²) in [6.45, 7) is 1.82. The number of nitrogens with zero attached hydrogens (tertiary/aromatic N) is 5. The molecule has 0 fully saturated rings. The van der Waals surface area contributed by atoms with Gasteiger partial charge in [-0.3, -0.25) is 9.78 Å². The summed E-state index contributed by atoms with van der Waals surface area (Å²) in [7, 11) is 3.43. The number of para-hydroxylation sites is 1. The highest BCUT2D eigenvalue weighted by atomic mass is 35.5. The summed E-state index contributed by atoms with van der Waals surface area (Å²) < 4.78 is 5.73. The molecule has 0 saturated heterocycles. The second kappa shape index (κ2) is 8.53. The van der Waals surface area contributed by atoms with Crippen molar-refractivity contribution < 1.29 is 9.21 Å². The molecule has 0 atom stereocenters. The molecule has 0 aliphatic rings. The molecule has 0 aliphatic heterocycles. The van der Waals surface area contributed by atoms with Gasteiger partial charge in [0, 0.05) is 25.2 Å². The summed E-state index contributed by atoms with van der Waals surface area (Å²) in [4.78, 5) is 22.7. The van der Waals surface area contributed by atoms with E-state index in [-0.39, 0.29) is 17.8 Å². The maximum Gasteiger partial charge on any atom is 0.320 e. The van der Waals surface area contributed by atoms with E-state index in [0.717, 1.165) is 5.56 Å². The Bertz CT molecular complexity index is 1240. The Morgan fingerprint density at radius 2 is 1.81 bits per heavy atom. The molecular weight excluding hydrogens is 416 g/mol. The van der Waals surface area contributed by atoms with E-state index in [1.165, 1.54) is 4.90 Å². The van der Waals surface area contributed by atoms with Crippen LogP contribution in [0.25, 0.3) is 22.8 Å². The number of carbonyl (C=O) groups is 1. The summed E-state index contributed by atoms with van der Waals surface area (Å²) in [5.74, 6) is 0.174. The standard InChI is InChI=1S/C22H19ClN6O2/c1-13-19(20-27-28-22(31-20)26-17-7-5-4-6-16(17)23)25-18(12-24-13)14-8-10-15(11-9-14)21(30)29(2)3/h4-12H,1-3H3,(H,26,28). The largest absolute Gasteiger partial charge is 0.401 e. The first-order valence-corrected chi connectivity index (χ1v) is 9.81. The number of amides is 1. The van der Waals surface area contributed by atoms with Gasteiger partial charge in [0.25, 0.3) is 11.8 Å². The molecule has 0 bridgehead atoms. The fourth-order valence-corrected chi connectivity index (χ4v) is 3.06. The predicted octanol–water partition coefficient (Wildman–Crippen LogP) is 4.60. The van der Waals surface area contributed by atoms with Crippen molar-refractivity contribution in [2.45, 2.75) is 6.92 Å². The molecular formula is C22H19ClN6O2. The summed E-state index contributed by atoms with van der Waals surface area (Å²) in [6, 6.07) is 14.6. The van der Waals surface area contributed by atoms with Gasteiger partial charge in [0.15, 0.2) is 0 Å². The van der Waals surface area contributed by atoms with E-state index in [0.29, 0.717) is 33.4 Å². The maximum absolute atomic E-state index is 12.1. The maximum atomic E-state index is 12.1. The van der Waals surface area contributed by atoms with Gasteiger partial charge in [-0.2, -0.15) is 0 Å². The minimum atomic E-state index is -0.0633. The third-order valence-electron chi connectivity index (χ3n) is 4.53. The quantitative estimate of drug-likeness (QED) is 0.490. The third kappa shape index (κ3) is 4.39. The molecule has 4 rings (SSSR count). The molecule has 2 aromatic heterocycles. The highest BCUT2D eigenvalue weighted by Crippen LogP contribution is 2.28.